The number of aryl methyl sites for hydroxylation is 1. The Morgan fingerprint density at radius 2 is 2.06 bits per heavy atom. The predicted octanol–water partition coefficient (Wildman–Crippen LogP) is 0.663. The number of carboxylic acid groups (broad SMARTS) is 1. The number of anilines is 1. The van der Waals surface area contributed by atoms with Crippen molar-refractivity contribution < 1.29 is 9.90 Å². The van der Waals surface area contributed by atoms with Gasteiger partial charge >= 0.3 is 5.97 Å². The Hall–Kier alpha value is -1.66. The molecule has 6 heteroatoms. The summed E-state index contributed by atoms with van der Waals surface area (Å²) in [5, 5.41) is 11.2. The Balaban J connectivity index is 2.14. The topological polar surface area (TPSA) is 68.7 Å². The lowest BCUT2D eigenvalue weighted by Gasteiger charge is -2.33. The van der Waals surface area contributed by atoms with E-state index in [4.69, 9.17) is 0 Å². The van der Waals surface area contributed by atoms with Crippen molar-refractivity contribution in [2.24, 2.45) is 0 Å². The number of piperazine rings is 1. The average Bonchev–Trinajstić information content (AvgIpc) is 2.32. The number of pyridine rings is 1. The van der Waals surface area contributed by atoms with E-state index in [0.29, 0.717) is 11.4 Å². The molecule has 0 aliphatic carbocycles. The molecule has 98 valence electrons. The van der Waals surface area contributed by atoms with Crippen molar-refractivity contribution in [2.45, 2.75) is 6.92 Å². The highest BCUT2D eigenvalue weighted by Crippen LogP contribution is 2.17. The van der Waals surface area contributed by atoms with Crippen LogP contribution in [0.25, 0.3) is 0 Å². The number of rotatable bonds is 3. The van der Waals surface area contributed by atoms with Crippen LogP contribution >= 0.6 is 0 Å². The Morgan fingerprint density at radius 1 is 1.39 bits per heavy atom. The molecule has 0 bridgehead atoms. The minimum absolute atomic E-state index is 0.247. The summed E-state index contributed by atoms with van der Waals surface area (Å²) in [5.74, 6) is -0.524. The van der Waals surface area contributed by atoms with Crippen molar-refractivity contribution in [1.29, 1.82) is 0 Å². The van der Waals surface area contributed by atoms with Gasteiger partial charge in [0.1, 0.15) is 5.56 Å². The monoisotopic (exact) mass is 250 g/mol. The fourth-order valence-electron chi connectivity index (χ4n) is 1.98. The van der Waals surface area contributed by atoms with Crippen LogP contribution in [0, 0.1) is 6.92 Å². The lowest BCUT2D eigenvalue weighted by atomic mass is 10.1. The largest absolute Gasteiger partial charge is 0.478 e. The fraction of sp³-hybridized carbons (Fsp3) is 0.500. The Labute approximate surface area is 106 Å². The zero-order valence-corrected chi connectivity index (χ0v) is 10.7. The zero-order valence-electron chi connectivity index (χ0n) is 10.7. The average molecular weight is 250 g/mol. The molecule has 1 aliphatic rings. The van der Waals surface area contributed by atoms with E-state index >= 15 is 0 Å². The van der Waals surface area contributed by atoms with Gasteiger partial charge in [0.05, 0.1) is 0 Å². The highest BCUT2D eigenvalue weighted by molar-refractivity contribution is 5.94. The van der Waals surface area contributed by atoms with E-state index in [1.807, 2.05) is 5.01 Å². The van der Waals surface area contributed by atoms with Gasteiger partial charge in [0, 0.05) is 32.4 Å². The summed E-state index contributed by atoms with van der Waals surface area (Å²) >= 11 is 0. The molecule has 0 saturated carbocycles. The van der Waals surface area contributed by atoms with Crippen molar-refractivity contribution in [3.05, 3.63) is 23.4 Å². The van der Waals surface area contributed by atoms with Crippen LogP contribution in [-0.2, 0) is 0 Å². The van der Waals surface area contributed by atoms with Gasteiger partial charge in [-0.1, -0.05) is 0 Å². The lowest BCUT2D eigenvalue weighted by Crippen LogP contribution is -2.47. The summed E-state index contributed by atoms with van der Waals surface area (Å²) in [6, 6.07) is 1.71. The number of aromatic nitrogens is 1. The first-order valence-electron chi connectivity index (χ1n) is 5.97. The Kier molecular flexibility index (Phi) is 3.78. The van der Waals surface area contributed by atoms with Gasteiger partial charge in [0.25, 0.3) is 0 Å². The van der Waals surface area contributed by atoms with Gasteiger partial charge in [-0.15, -0.1) is 0 Å². The van der Waals surface area contributed by atoms with Gasteiger partial charge in [-0.3, -0.25) is 0 Å². The van der Waals surface area contributed by atoms with E-state index in [2.05, 4.69) is 22.4 Å². The highest BCUT2D eigenvalue weighted by atomic mass is 16.4. The summed E-state index contributed by atoms with van der Waals surface area (Å²) in [5.41, 5.74) is 4.07. The molecule has 0 aromatic carbocycles. The van der Waals surface area contributed by atoms with Gasteiger partial charge in [-0.2, -0.15) is 0 Å². The summed E-state index contributed by atoms with van der Waals surface area (Å²) in [6.45, 7) is 5.40. The summed E-state index contributed by atoms with van der Waals surface area (Å²) in [7, 11) is 2.07. The number of carbonyl (C=O) groups is 1. The second kappa shape index (κ2) is 5.32. The van der Waals surface area contributed by atoms with Crippen LogP contribution in [0.5, 0.6) is 0 Å². The first-order valence-corrected chi connectivity index (χ1v) is 5.97. The summed E-state index contributed by atoms with van der Waals surface area (Å²) in [4.78, 5) is 17.6. The Bertz CT molecular complexity index is 442. The number of nitrogens with one attached hydrogen (secondary N) is 1. The summed E-state index contributed by atoms with van der Waals surface area (Å²) in [6.07, 6.45) is 1.63. The van der Waals surface area contributed by atoms with E-state index in [1.54, 1.807) is 19.2 Å². The van der Waals surface area contributed by atoms with E-state index in [9.17, 15) is 9.90 Å². The SMILES string of the molecule is Cc1ccnc(NN2CCN(C)CC2)c1C(=O)O. The number of nitrogens with zero attached hydrogens (tertiary/aromatic N) is 3. The number of likely N-dealkylation sites (N-methyl/N-ethyl adjacent to an activating group) is 1. The molecule has 2 N–H and O–H groups in total. The van der Waals surface area contributed by atoms with E-state index in [0.717, 1.165) is 26.2 Å². The van der Waals surface area contributed by atoms with Crippen molar-refractivity contribution in [3.63, 3.8) is 0 Å². The molecule has 1 saturated heterocycles. The maximum atomic E-state index is 11.2. The van der Waals surface area contributed by atoms with Crippen LogP contribution in [-0.4, -0.2) is 59.2 Å². The van der Waals surface area contributed by atoms with Crippen molar-refractivity contribution in [2.75, 3.05) is 38.7 Å². The van der Waals surface area contributed by atoms with Gasteiger partial charge in [-0.05, 0) is 25.6 Å². The molecular formula is C12H18N4O2. The standard InChI is InChI=1S/C12H18N4O2/c1-9-3-4-13-11(10(9)12(17)18)14-16-7-5-15(2)6-8-16/h3-4H,5-8H2,1-2H3,(H,13,14)(H,17,18). The Morgan fingerprint density at radius 3 is 2.67 bits per heavy atom. The molecule has 6 nitrogen and oxygen atoms in total. The van der Waals surface area contributed by atoms with Gasteiger partial charge in [0.15, 0.2) is 5.82 Å². The molecule has 1 aliphatic heterocycles. The molecule has 0 amide bonds. The van der Waals surface area contributed by atoms with Crippen LogP contribution in [0.4, 0.5) is 5.82 Å². The molecule has 18 heavy (non-hydrogen) atoms. The van der Waals surface area contributed by atoms with E-state index in [1.165, 1.54) is 0 Å². The first kappa shape index (κ1) is 12.8. The third kappa shape index (κ3) is 2.77. The number of hydrogen-bond acceptors (Lipinski definition) is 5. The van der Waals surface area contributed by atoms with Crippen LogP contribution in [0.1, 0.15) is 15.9 Å². The van der Waals surface area contributed by atoms with Crippen LogP contribution < -0.4 is 5.43 Å². The first-order chi connectivity index (χ1) is 8.58. The summed E-state index contributed by atoms with van der Waals surface area (Å²) < 4.78 is 0. The van der Waals surface area contributed by atoms with Crippen LogP contribution in [0.2, 0.25) is 0 Å². The molecule has 0 unspecified atom stereocenters. The maximum Gasteiger partial charge on any atom is 0.339 e. The normalized spacial score (nSPS) is 17.7. The van der Waals surface area contributed by atoms with Crippen molar-refractivity contribution in [1.82, 2.24) is 14.9 Å². The second-order valence-electron chi connectivity index (χ2n) is 4.56. The third-order valence-electron chi connectivity index (χ3n) is 3.14. The maximum absolute atomic E-state index is 11.2. The predicted molar refractivity (Wildman–Crippen MR) is 68.6 cm³/mol. The zero-order chi connectivity index (χ0) is 13.1. The van der Waals surface area contributed by atoms with Crippen molar-refractivity contribution in [3.8, 4) is 0 Å². The molecule has 1 aromatic heterocycles. The fourth-order valence-corrected chi connectivity index (χ4v) is 1.98. The molecule has 0 spiro atoms. The highest BCUT2D eigenvalue weighted by Gasteiger charge is 2.18. The minimum Gasteiger partial charge on any atom is -0.478 e. The molecule has 1 aromatic rings. The lowest BCUT2D eigenvalue weighted by molar-refractivity contribution is 0.0696. The van der Waals surface area contributed by atoms with Crippen LogP contribution in [0.15, 0.2) is 12.3 Å². The van der Waals surface area contributed by atoms with Crippen molar-refractivity contribution >= 4 is 11.8 Å². The molecule has 0 radical (unpaired) electrons. The van der Waals surface area contributed by atoms with Crippen LogP contribution in [0.3, 0.4) is 0 Å². The molecule has 2 heterocycles. The number of hydrazine groups is 1. The van der Waals surface area contributed by atoms with E-state index in [-0.39, 0.29) is 5.56 Å². The van der Waals surface area contributed by atoms with Gasteiger partial charge in [0.2, 0.25) is 0 Å². The molecular weight excluding hydrogens is 232 g/mol. The third-order valence-corrected chi connectivity index (χ3v) is 3.14. The number of hydrogen-bond donors (Lipinski definition) is 2. The van der Waals surface area contributed by atoms with Gasteiger partial charge in [-0.25, -0.2) is 14.8 Å². The molecule has 0 atom stereocenters. The number of aromatic carboxylic acids is 1. The number of carboxylic acids is 1. The quantitative estimate of drug-likeness (QED) is 0.821. The smallest absolute Gasteiger partial charge is 0.339 e. The second-order valence-corrected chi connectivity index (χ2v) is 4.56. The minimum atomic E-state index is -0.947. The van der Waals surface area contributed by atoms with E-state index < -0.39 is 5.97 Å². The van der Waals surface area contributed by atoms with Gasteiger partial charge < -0.3 is 15.4 Å². The molecule has 2 rings (SSSR count). The molecule has 1 fully saturated rings.